The van der Waals surface area contributed by atoms with Crippen molar-refractivity contribution in [3.8, 4) is 0 Å². The van der Waals surface area contributed by atoms with E-state index in [1.54, 1.807) is 13.8 Å². The van der Waals surface area contributed by atoms with Crippen molar-refractivity contribution in [1.82, 2.24) is 21.3 Å². The van der Waals surface area contributed by atoms with Gasteiger partial charge in [-0.15, -0.1) is 0 Å². The first kappa shape index (κ1) is 65.1. The van der Waals surface area contributed by atoms with E-state index in [1.807, 2.05) is 11.8 Å². The summed E-state index contributed by atoms with van der Waals surface area (Å²) < 4.78 is 27.2. The summed E-state index contributed by atoms with van der Waals surface area (Å²) in [5.74, 6) is 0.625. The highest BCUT2D eigenvalue weighted by Gasteiger charge is 2.42. The minimum Gasteiger partial charge on any atom is -0.459 e. The largest absolute Gasteiger partial charge is 0.459 e. The lowest BCUT2D eigenvalue weighted by Crippen LogP contribution is -2.50. The number of hydrogen-bond acceptors (Lipinski definition) is 12. The molecule has 0 bridgehead atoms. The van der Waals surface area contributed by atoms with E-state index < -0.39 is 30.3 Å². The van der Waals surface area contributed by atoms with Gasteiger partial charge < -0.3 is 45.0 Å². The third-order valence-corrected chi connectivity index (χ3v) is 14.6. The molecule has 1 aliphatic carbocycles. The Morgan fingerprint density at radius 2 is 1.25 bits per heavy atom. The van der Waals surface area contributed by atoms with Crippen LogP contribution >= 0.6 is 11.8 Å². The van der Waals surface area contributed by atoms with E-state index >= 15 is 0 Å². The zero-order valence-electron chi connectivity index (χ0n) is 46.9. The molecule has 0 aromatic carbocycles. The molecule has 0 spiro atoms. The van der Waals surface area contributed by atoms with Gasteiger partial charge in [-0.1, -0.05) is 110 Å². The molecule has 4 atom stereocenters. The van der Waals surface area contributed by atoms with Crippen molar-refractivity contribution in [2.75, 3.05) is 51.9 Å². The lowest BCUT2D eigenvalue weighted by atomic mass is 9.62. The van der Waals surface area contributed by atoms with Crippen LogP contribution in [0, 0.1) is 33.0 Å². The van der Waals surface area contributed by atoms with Crippen LogP contribution in [0.25, 0.3) is 0 Å². The second-order valence-electron chi connectivity index (χ2n) is 24.5. The lowest BCUT2D eigenvalue weighted by molar-refractivity contribution is -0.140. The summed E-state index contributed by atoms with van der Waals surface area (Å²) in [6.07, 6.45) is 7.53. The van der Waals surface area contributed by atoms with Gasteiger partial charge in [-0.3, -0.25) is 4.79 Å². The molecule has 15 nitrogen and oxygen atoms in total. The van der Waals surface area contributed by atoms with E-state index in [2.05, 4.69) is 124 Å². The minimum atomic E-state index is -0.581. The first-order chi connectivity index (χ1) is 32.7. The van der Waals surface area contributed by atoms with Gasteiger partial charge in [0.25, 0.3) is 0 Å². The van der Waals surface area contributed by atoms with Crippen LogP contribution in [-0.4, -0.2) is 105 Å². The zero-order chi connectivity index (χ0) is 54.3. The van der Waals surface area contributed by atoms with Gasteiger partial charge in [0.15, 0.2) is 5.78 Å². The van der Waals surface area contributed by atoms with Crippen LogP contribution in [0.4, 0.5) is 19.2 Å². The van der Waals surface area contributed by atoms with Crippen molar-refractivity contribution in [1.29, 1.82) is 0 Å². The molecule has 71 heavy (non-hydrogen) atoms. The van der Waals surface area contributed by atoms with Gasteiger partial charge in [0.2, 0.25) is 0 Å². The van der Waals surface area contributed by atoms with Crippen LogP contribution in [0.15, 0.2) is 24.3 Å². The third-order valence-electron chi connectivity index (χ3n) is 13.3. The maximum Gasteiger partial charge on any atom is 0.407 e. The van der Waals surface area contributed by atoms with Crippen molar-refractivity contribution in [3.63, 3.8) is 0 Å². The number of allylic oxidation sites excluding steroid dienone is 1. The van der Waals surface area contributed by atoms with Gasteiger partial charge in [-0.25, -0.2) is 24.0 Å². The Morgan fingerprint density at radius 1 is 0.676 bits per heavy atom. The highest BCUT2D eigenvalue weighted by molar-refractivity contribution is 8.00. The summed E-state index contributed by atoms with van der Waals surface area (Å²) in [7, 11) is 0. The number of alkyl carbamates (subject to hydrolysis) is 4. The Kier molecular flexibility index (Phi) is 27.8. The summed E-state index contributed by atoms with van der Waals surface area (Å²) in [4.78, 5) is 74.7. The Balaban J connectivity index is 2.75. The summed E-state index contributed by atoms with van der Waals surface area (Å²) in [6, 6.07) is -0.329. The number of thioether (sulfide) groups is 1. The Labute approximate surface area is 433 Å². The molecule has 1 fully saturated rings. The molecule has 16 heteroatoms. The molecule has 1 saturated carbocycles. The summed E-state index contributed by atoms with van der Waals surface area (Å²) in [5.41, 5.74) is 0.0105. The van der Waals surface area contributed by atoms with Gasteiger partial charge in [-0.05, 0) is 129 Å². The number of esters is 1. The first-order valence-corrected chi connectivity index (χ1v) is 27.0. The maximum absolute atomic E-state index is 13.1. The third kappa shape index (κ3) is 30.0. The second kappa shape index (κ2) is 30.3. The number of nitrogens with one attached hydrogen (secondary N) is 4. The summed E-state index contributed by atoms with van der Waals surface area (Å²) in [5, 5.41) is 11.8. The van der Waals surface area contributed by atoms with E-state index in [4.69, 9.17) is 23.7 Å². The molecule has 4 N–H and O–H groups in total. The predicted octanol–water partition coefficient (Wildman–Crippen LogP) is 12.3. The smallest absolute Gasteiger partial charge is 0.407 e. The fourth-order valence-electron chi connectivity index (χ4n) is 9.80. The molecule has 0 heterocycles. The normalized spacial score (nSPS) is 17.9. The monoisotopic (exact) mass is 1020 g/mol. The molecule has 0 aromatic rings. The molecule has 0 aliphatic heterocycles. The average molecular weight is 1020 g/mol. The zero-order valence-corrected chi connectivity index (χ0v) is 47.7. The van der Waals surface area contributed by atoms with E-state index in [0.29, 0.717) is 56.7 Å². The minimum absolute atomic E-state index is 0.00755. The number of carbonyl (C=O) groups excluding carboxylic acids is 6. The molecule has 4 amide bonds. The van der Waals surface area contributed by atoms with Gasteiger partial charge in [-0.2, -0.15) is 11.8 Å². The molecular weight excluding hydrogens is 925 g/mol. The highest BCUT2D eigenvalue weighted by Crippen LogP contribution is 2.46. The molecular formula is C55H98N4O11S. The van der Waals surface area contributed by atoms with Gasteiger partial charge in [0, 0.05) is 41.9 Å². The van der Waals surface area contributed by atoms with Gasteiger partial charge >= 0.3 is 30.3 Å². The Bertz CT molecular complexity index is 1740. The van der Waals surface area contributed by atoms with Crippen LogP contribution in [0.1, 0.15) is 187 Å². The molecule has 1 aliphatic rings. The van der Waals surface area contributed by atoms with Crippen LogP contribution in [0.3, 0.4) is 0 Å². The van der Waals surface area contributed by atoms with Crippen molar-refractivity contribution < 1.29 is 52.5 Å². The van der Waals surface area contributed by atoms with Crippen molar-refractivity contribution in [2.24, 2.45) is 33.0 Å². The highest BCUT2D eigenvalue weighted by atomic mass is 32.2. The fourth-order valence-corrected chi connectivity index (χ4v) is 10.8. The topological polar surface area (TPSA) is 197 Å². The van der Waals surface area contributed by atoms with Crippen molar-refractivity contribution in [3.05, 3.63) is 24.3 Å². The summed E-state index contributed by atoms with van der Waals surface area (Å²) >= 11 is 1.94. The quantitative estimate of drug-likeness (QED) is 0.0216. The standard InChI is InChI=1S/C55H98N4O11S/c1-18-23-51(9,10)34-42(58-48(64)70-31-30-66-45(61)40(4)5)20-19-26-56-46(62)69-29-25-54(15,16)41(22-32-71-50(6,7)8)33-52(11,12)24-28-68-47(63)57-38-55(17)36-43(35-53(13,14)37-55)59-49(65)67-27-21-44(60)39(2)3/h41-43H,2,4,18-38H2,1,3,5-17H3,(H,56,62)(H,57,63)(H,58,64)(H,59,65). The van der Waals surface area contributed by atoms with Crippen LogP contribution in [0.2, 0.25) is 0 Å². The Hall–Kier alpha value is -3.95. The van der Waals surface area contributed by atoms with E-state index in [9.17, 15) is 28.8 Å². The number of rotatable bonds is 32. The number of ether oxygens (including phenoxy) is 5. The number of amides is 4. The van der Waals surface area contributed by atoms with E-state index in [-0.39, 0.29) is 94.7 Å². The summed E-state index contributed by atoms with van der Waals surface area (Å²) in [6.45, 7) is 40.1. The van der Waals surface area contributed by atoms with Crippen LogP contribution in [0.5, 0.6) is 0 Å². The van der Waals surface area contributed by atoms with Crippen molar-refractivity contribution in [2.45, 2.75) is 204 Å². The first-order valence-electron chi connectivity index (χ1n) is 26.0. The van der Waals surface area contributed by atoms with E-state index in [0.717, 1.165) is 50.7 Å². The number of hydrogen-bond donors (Lipinski definition) is 4. The van der Waals surface area contributed by atoms with Crippen LogP contribution < -0.4 is 21.3 Å². The number of Topliss-reactive ketones (excluding diaryl/α,β-unsaturated/α-hetero) is 1. The SMILES string of the molecule is C=C(C)C(=O)CCOC(=O)NC1CC(C)(C)CC(C)(CNC(=O)OCCC(C)(C)CC(CCSC(C)(C)C)C(C)(C)CCOC(=O)NCCCC(CC(C)(C)CCC)NC(=O)OCCOC(=O)C(=C)C)C1. The Morgan fingerprint density at radius 3 is 1.86 bits per heavy atom. The predicted molar refractivity (Wildman–Crippen MR) is 285 cm³/mol. The van der Waals surface area contributed by atoms with Gasteiger partial charge in [0.05, 0.1) is 13.2 Å². The number of ketones is 1. The molecule has 410 valence electrons. The molecule has 0 radical (unpaired) electrons. The van der Waals surface area contributed by atoms with E-state index in [1.165, 1.54) is 0 Å². The molecule has 1 rings (SSSR count). The van der Waals surface area contributed by atoms with Crippen molar-refractivity contribution >= 4 is 47.9 Å². The molecule has 0 saturated heterocycles. The maximum atomic E-state index is 13.1. The fraction of sp³-hybridized carbons (Fsp3) is 0.818. The van der Waals surface area contributed by atoms with Crippen LogP contribution in [-0.2, 0) is 33.3 Å². The lowest BCUT2D eigenvalue weighted by Gasteiger charge is -2.46. The average Bonchev–Trinajstić information content (AvgIpc) is 3.21. The molecule has 4 unspecified atom stereocenters. The second-order valence-corrected chi connectivity index (χ2v) is 26.4. The molecule has 0 aromatic heterocycles. The van der Waals surface area contributed by atoms with Gasteiger partial charge in [0.1, 0.15) is 19.8 Å². The number of carbonyl (C=O) groups is 6.